The third-order valence-electron chi connectivity index (χ3n) is 4.87. The molecule has 2 aliphatic heterocycles. The molecule has 1 aromatic carbocycles. The van der Waals surface area contributed by atoms with Crippen molar-refractivity contribution in [2.24, 2.45) is 7.05 Å². The van der Waals surface area contributed by atoms with E-state index in [2.05, 4.69) is 5.32 Å². The van der Waals surface area contributed by atoms with Gasteiger partial charge in [0, 0.05) is 26.6 Å². The summed E-state index contributed by atoms with van der Waals surface area (Å²) in [5.41, 5.74) is 0.604. The second-order valence-electron chi connectivity index (χ2n) is 6.50. The minimum atomic E-state index is -0.811. The number of carbonyl (C=O) groups excluding carboxylic acids is 2. The second kappa shape index (κ2) is 5.41. The zero-order chi connectivity index (χ0) is 17.9. The number of aromatic nitrogens is 2. The fourth-order valence-electron chi connectivity index (χ4n) is 3.60. The molecule has 2 saturated heterocycles. The van der Waals surface area contributed by atoms with Crippen LogP contribution in [0.15, 0.2) is 16.9 Å². The van der Waals surface area contributed by atoms with Crippen molar-refractivity contribution in [2.75, 3.05) is 18.0 Å². The Labute approximate surface area is 141 Å². The predicted molar refractivity (Wildman–Crippen MR) is 86.8 cm³/mol. The first kappa shape index (κ1) is 15.8. The maximum atomic E-state index is 14.4. The van der Waals surface area contributed by atoms with Gasteiger partial charge in [-0.05, 0) is 18.6 Å². The highest BCUT2D eigenvalue weighted by Crippen LogP contribution is 2.34. The van der Waals surface area contributed by atoms with Crippen LogP contribution in [-0.2, 0) is 16.6 Å². The van der Waals surface area contributed by atoms with Gasteiger partial charge in [-0.2, -0.15) is 0 Å². The van der Waals surface area contributed by atoms with E-state index in [0.717, 1.165) is 0 Å². The Hall–Kier alpha value is -2.68. The zero-order valence-electron chi connectivity index (χ0n) is 13.5. The van der Waals surface area contributed by atoms with E-state index in [4.69, 9.17) is 0 Å². The van der Waals surface area contributed by atoms with E-state index >= 15 is 0 Å². The molecule has 2 fully saturated rings. The van der Waals surface area contributed by atoms with Crippen LogP contribution in [-0.4, -0.2) is 45.2 Å². The summed E-state index contributed by atoms with van der Waals surface area (Å²) in [6.07, 6.45) is -0.159. The third-order valence-corrected chi connectivity index (χ3v) is 4.87. The molecule has 2 N–H and O–H groups in total. The highest BCUT2D eigenvalue weighted by molar-refractivity contribution is 6.00. The van der Waals surface area contributed by atoms with E-state index in [1.807, 2.05) is 0 Å². The van der Waals surface area contributed by atoms with E-state index in [9.17, 15) is 23.9 Å². The third kappa shape index (κ3) is 2.26. The van der Waals surface area contributed by atoms with Gasteiger partial charge >= 0.3 is 5.69 Å². The molecular formula is C16H17FN4O4. The first-order valence-electron chi connectivity index (χ1n) is 8.04. The lowest BCUT2D eigenvalue weighted by molar-refractivity contribution is -0.135. The molecule has 0 bridgehead atoms. The molecule has 132 valence electrons. The monoisotopic (exact) mass is 348 g/mol. The number of amides is 2. The van der Waals surface area contributed by atoms with Gasteiger partial charge in [-0.1, -0.05) is 0 Å². The summed E-state index contributed by atoms with van der Waals surface area (Å²) in [5.74, 6) is -1.39. The minimum Gasteiger partial charge on any atom is -0.389 e. The highest BCUT2D eigenvalue weighted by atomic mass is 19.1. The number of hydrogen-bond donors (Lipinski definition) is 2. The van der Waals surface area contributed by atoms with Crippen LogP contribution in [0.4, 0.5) is 10.1 Å². The molecule has 9 heteroatoms. The molecule has 3 heterocycles. The van der Waals surface area contributed by atoms with Gasteiger partial charge in [0.1, 0.15) is 11.9 Å². The molecule has 0 radical (unpaired) electrons. The largest absolute Gasteiger partial charge is 0.389 e. The van der Waals surface area contributed by atoms with Crippen molar-refractivity contribution in [3.63, 3.8) is 0 Å². The summed E-state index contributed by atoms with van der Waals surface area (Å²) in [5, 5.41) is 11.8. The van der Waals surface area contributed by atoms with Crippen molar-refractivity contribution < 1.29 is 19.1 Å². The van der Waals surface area contributed by atoms with Gasteiger partial charge in [-0.25, -0.2) is 9.18 Å². The molecule has 1 atom stereocenters. The Morgan fingerprint density at radius 2 is 1.96 bits per heavy atom. The number of nitrogens with zero attached hydrogens (tertiary/aromatic N) is 3. The summed E-state index contributed by atoms with van der Waals surface area (Å²) < 4.78 is 17.1. The van der Waals surface area contributed by atoms with Crippen LogP contribution in [0, 0.1) is 5.82 Å². The number of imide groups is 1. The Morgan fingerprint density at radius 3 is 2.60 bits per heavy atom. The number of rotatable bonds is 2. The minimum absolute atomic E-state index is 0.144. The van der Waals surface area contributed by atoms with Gasteiger partial charge < -0.3 is 10.0 Å². The fourth-order valence-corrected chi connectivity index (χ4v) is 3.60. The summed E-state index contributed by atoms with van der Waals surface area (Å²) in [6.45, 7) is 0.571. The Morgan fingerprint density at radius 1 is 1.24 bits per heavy atom. The van der Waals surface area contributed by atoms with Crippen LogP contribution >= 0.6 is 0 Å². The molecule has 4 rings (SSSR count). The number of fused-ring (bicyclic) bond motifs is 1. The van der Waals surface area contributed by atoms with E-state index in [0.29, 0.717) is 11.0 Å². The van der Waals surface area contributed by atoms with Crippen molar-refractivity contribution in [1.29, 1.82) is 0 Å². The number of aliphatic hydroxyl groups excluding tert-OH is 1. The Bertz CT molecular complexity index is 957. The average molecular weight is 348 g/mol. The second-order valence-corrected chi connectivity index (χ2v) is 6.50. The number of carbonyl (C=O) groups is 2. The zero-order valence-corrected chi connectivity index (χ0v) is 13.5. The number of aliphatic hydroxyl groups is 1. The van der Waals surface area contributed by atoms with Crippen LogP contribution in [0.3, 0.4) is 0 Å². The van der Waals surface area contributed by atoms with Crippen LogP contribution in [0.1, 0.15) is 18.9 Å². The van der Waals surface area contributed by atoms with E-state index < -0.39 is 29.6 Å². The van der Waals surface area contributed by atoms with Crippen LogP contribution in [0.25, 0.3) is 11.0 Å². The van der Waals surface area contributed by atoms with Gasteiger partial charge in [0.25, 0.3) is 0 Å². The Balaban J connectivity index is 1.91. The molecular weight excluding hydrogens is 331 g/mol. The molecule has 25 heavy (non-hydrogen) atoms. The van der Waals surface area contributed by atoms with Crippen molar-refractivity contribution in [1.82, 2.24) is 14.5 Å². The molecule has 8 nitrogen and oxygen atoms in total. The highest BCUT2D eigenvalue weighted by Gasteiger charge is 2.34. The lowest BCUT2D eigenvalue weighted by atomic mass is 10.1. The quantitative estimate of drug-likeness (QED) is 0.723. The number of benzene rings is 1. The maximum absolute atomic E-state index is 14.4. The number of imidazole rings is 1. The number of hydrogen-bond acceptors (Lipinski definition) is 5. The average Bonchev–Trinajstić information content (AvgIpc) is 2.77. The van der Waals surface area contributed by atoms with Crippen molar-refractivity contribution in [2.45, 2.75) is 25.0 Å². The van der Waals surface area contributed by atoms with Crippen molar-refractivity contribution >= 4 is 28.5 Å². The van der Waals surface area contributed by atoms with Gasteiger partial charge in [-0.3, -0.25) is 24.0 Å². The lowest BCUT2D eigenvalue weighted by Gasteiger charge is -2.38. The molecule has 0 aliphatic carbocycles. The number of aryl methyl sites for hydroxylation is 1. The van der Waals surface area contributed by atoms with Crippen molar-refractivity contribution in [3.8, 4) is 0 Å². The molecule has 2 amide bonds. The van der Waals surface area contributed by atoms with Crippen LogP contribution in [0.5, 0.6) is 0 Å². The van der Waals surface area contributed by atoms with Gasteiger partial charge in [0.15, 0.2) is 0 Å². The number of anilines is 1. The molecule has 0 saturated carbocycles. The van der Waals surface area contributed by atoms with Crippen molar-refractivity contribution in [3.05, 3.63) is 28.4 Å². The molecule has 2 aromatic rings. The first-order chi connectivity index (χ1) is 11.9. The maximum Gasteiger partial charge on any atom is 0.329 e. The van der Waals surface area contributed by atoms with E-state index in [1.165, 1.54) is 28.3 Å². The topological polar surface area (TPSA) is 96.6 Å². The number of β-amino-alcohol motifs (C(OH)–C–C–N with tert-alkyl or cyclic N) is 1. The molecule has 1 unspecified atom stereocenters. The smallest absolute Gasteiger partial charge is 0.329 e. The normalized spacial score (nSPS) is 21.6. The van der Waals surface area contributed by atoms with Gasteiger partial charge in [0.05, 0.1) is 22.8 Å². The van der Waals surface area contributed by atoms with E-state index in [-0.39, 0.29) is 37.5 Å². The number of piperidine rings is 1. The van der Waals surface area contributed by atoms with E-state index in [1.54, 1.807) is 4.90 Å². The fraction of sp³-hybridized carbons (Fsp3) is 0.438. The molecule has 2 aliphatic rings. The lowest BCUT2D eigenvalue weighted by Crippen LogP contribution is -2.51. The van der Waals surface area contributed by atoms with Crippen LogP contribution < -0.4 is 15.9 Å². The number of nitrogens with one attached hydrogen (secondary N) is 1. The Kier molecular flexibility index (Phi) is 3.43. The summed E-state index contributed by atoms with van der Waals surface area (Å²) in [4.78, 5) is 38.0. The first-order valence-corrected chi connectivity index (χ1v) is 8.04. The molecule has 1 aromatic heterocycles. The molecule has 0 spiro atoms. The summed E-state index contributed by atoms with van der Waals surface area (Å²) >= 11 is 0. The van der Waals surface area contributed by atoms with Gasteiger partial charge in [-0.15, -0.1) is 0 Å². The SMILES string of the molecule is Cn1c(=O)n(C2CCC(=O)NC2=O)c2ccc(F)c(N3CC(O)C3)c21. The van der Waals surface area contributed by atoms with Crippen LogP contribution in [0.2, 0.25) is 0 Å². The summed E-state index contributed by atoms with van der Waals surface area (Å²) in [7, 11) is 1.52. The predicted octanol–water partition coefficient (Wildman–Crippen LogP) is -0.362. The number of halogens is 1. The standard InChI is InChI=1S/C16H17FN4O4/c1-19-14-10(3-2-9(17)13(14)20-6-8(22)7-20)21(16(19)25)11-4-5-12(23)18-15(11)24/h2-3,8,11,22H,4-7H2,1H3,(H,18,23,24). The van der Waals surface area contributed by atoms with Gasteiger partial charge in [0.2, 0.25) is 11.8 Å². The summed E-state index contributed by atoms with van der Waals surface area (Å²) in [6, 6.07) is 1.91.